The zero-order chi connectivity index (χ0) is 13.9. The molecule has 2 N–H and O–H groups in total. The molecule has 1 heterocycles. The van der Waals surface area contributed by atoms with Gasteiger partial charge < -0.3 is 15.4 Å². The normalized spacial score (nSPS) is 17.5. The fraction of sp³-hybridized carbons (Fsp3) is 0.533. The molecule has 0 amide bonds. The van der Waals surface area contributed by atoms with Crippen LogP contribution in [0.5, 0.6) is 0 Å². The molecule has 4 heteroatoms. The van der Waals surface area contributed by atoms with Gasteiger partial charge in [0, 0.05) is 18.8 Å². The van der Waals surface area contributed by atoms with Gasteiger partial charge >= 0.3 is 5.97 Å². The van der Waals surface area contributed by atoms with Crippen molar-refractivity contribution in [3.05, 3.63) is 29.8 Å². The molecular weight excluding hydrogens is 240 g/mol. The highest BCUT2D eigenvalue weighted by atomic mass is 16.5. The lowest BCUT2D eigenvalue weighted by Gasteiger charge is -2.33. The minimum atomic E-state index is -0.916. The van der Waals surface area contributed by atoms with Crippen LogP contribution >= 0.6 is 0 Å². The summed E-state index contributed by atoms with van der Waals surface area (Å²) in [4.78, 5) is 13.9. The Balaban J connectivity index is 2.04. The number of methoxy groups -OCH3 is 1. The summed E-state index contributed by atoms with van der Waals surface area (Å²) < 4.78 is 4.74. The summed E-state index contributed by atoms with van der Waals surface area (Å²) >= 11 is 0. The SMILES string of the molecule is COC(=O)C(C)(N)CCN1CCCc2ccccc21. The van der Waals surface area contributed by atoms with Gasteiger partial charge in [-0.25, -0.2) is 0 Å². The molecule has 0 saturated heterocycles. The molecule has 2 rings (SSSR count). The monoisotopic (exact) mass is 262 g/mol. The molecule has 1 aliphatic rings. The smallest absolute Gasteiger partial charge is 0.325 e. The molecule has 1 aromatic carbocycles. The molecule has 0 fully saturated rings. The second kappa shape index (κ2) is 5.61. The molecule has 0 bridgehead atoms. The van der Waals surface area contributed by atoms with Gasteiger partial charge in [0.25, 0.3) is 0 Å². The van der Waals surface area contributed by atoms with Crippen molar-refractivity contribution < 1.29 is 9.53 Å². The Morgan fingerprint density at radius 2 is 2.21 bits per heavy atom. The number of esters is 1. The van der Waals surface area contributed by atoms with Crippen LogP contribution in [0.4, 0.5) is 5.69 Å². The zero-order valence-electron chi connectivity index (χ0n) is 11.7. The van der Waals surface area contributed by atoms with E-state index in [1.165, 1.54) is 18.4 Å². The molecule has 1 aliphatic heterocycles. The Morgan fingerprint density at radius 1 is 1.47 bits per heavy atom. The lowest BCUT2D eigenvalue weighted by Crippen LogP contribution is -2.48. The Labute approximate surface area is 114 Å². The number of carbonyl (C=O) groups is 1. The first-order valence-corrected chi connectivity index (χ1v) is 6.75. The van der Waals surface area contributed by atoms with Crippen LogP contribution in [-0.2, 0) is 16.0 Å². The first-order chi connectivity index (χ1) is 9.04. The third kappa shape index (κ3) is 3.07. The molecule has 0 radical (unpaired) electrons. The Bertz CT molecular complexity index is 457. The molecular formula is C15H22N2O2. The number of rotatable bonds is 4. The topological polar surface area (TPSA) is 55.6 Å². The van der Waals surface area contributed by atoms with E-state index in [4.69, 9.17) is 10.5 Å². The van der Waals surface area contributed by atoms with Crippen LogP contribution in [0.3, 0.4) is 0 Å². The van der Waals surface area contributed by atoms with Crippen molar-refractivity contribution in [3.8, 4) is 0 Å². The minimum absolute atomic E-state index is 0.349. The molecule has 1 aromatic rings. The van der Waals surface area contributed by atoms with E-state index in [0.29, 0.717) is 6.42 Å². The largest absolute Gasteiger partial charge is 0.468 e. The van der Waals surface area contributed by atoms with Gasteiger partial charge in [0.15, 0.2) is 0 Å². The highest BCUT2D eigenvalue weighted by molar-refractivity contribution is 5.79. The van der Waals surface area contributed by atoms with Crippen molar-refractivity contribution >= 4 is 11.7 Å². The Hall–Kier alpha value is -1.55. The predicted molar refractivity (Wildman–Crippen MR) is 76.2 cm³/mol. The number of fused-ring (bicyclic) bond motifs is 1. The second-order valence-corrected chi connectivity index (χ2v) is 5.38. The van der Waals surface area contributed by atoms with Crippen LogP contribution in [0.25, 0.3) is 0 Å². The zero-order valence-corrected chi connectivity index (χ0v) is 11.7. The standard InChI is InChI=1S/C15H22N2O2/c1-15(16,14(18)19-2)9-11-17-10-5-7-12-6-3-4-8-13(12)17/h3-4,6,8H,5,7,9-11,16H2,1-2H3. The van der Waals surface area contributed by atoms with E-state index in [1.807, 2.05) is 0 Å². The van der Waals surface area contributed by atoms with Crippen LogP contribution in [0.1, 0.15) is 25.3 Å². The molecule has 104 valence electrons. The van der Waals surface area contributed by atoms with Crippen molar-refractivity contribution in [1.29, 1.82) is 0 Å². The summed E-state index contributed by atoms with van der Waals surface area (Å²) in [6.07, 6.45) is 2.87. The number of aryl methyl sites for hydroxylation is 1. The first-order valence-electron chi connectivity index (χ1n) is 6.75. The van der Waals surface area contributed by atoms with E-state index < -0.39 is 5.54 Å². The molecule has 0 saturated carbocycles. The maximum atomic E-state index is 11.6. The molecule has 0 aromatic heterocycles. The average molecular weight is 262 g/mol. The second-order valence-electron chi connectivity index (χ2n) is 5.38. The van der Waals surface area contributed by atoms with Gasteiger partial charge in [-0.05, 0) is 37.8 Å². The van der Waals surface area contributed by atoms with Gasteiger partial charge in [0.2, 0.25) is 0 Å². The van der Waals surface area contributed by atoms with Gasteiger partial charge in [0.05, 0.1) is 7.11 Å². The predicted octanol–water partition coefficient (Wildman–Crippen LogP) is 1.72. The summed E-state index contributed by atoms with van der Waals surface area (Å²) in [6.45, 7) is 3.53. The Kier molecular flexibility index (Phi) is 4.10. The van der Waals surface area contributed by atoms with Crippen LogP contribution in [0.2, 0.25) is 0 Å². The van der Waals surface area contributed by atoms with Crippen LogP contribution in [0.15, 0.2) is 24.3 Å². The lowest BCUT2D eigenvalue weighted by molar-refractivity contribution is -0.146. The quantitative estimate of drug-likeness (QED) is 0.839. The Morgan fingerprint density at radius 3 is 2.95 bits per heavy atom. The molecule has 19 heavy (non-hydrogen) atoms. The third-order valence-corrected chi connectivity index (χ3v) is 3.76. The van der Waals surface area contributed by atoms with Gasteiger partial charge in [-0.15, -0.1) is 0 Å². The van der Waals surface area contributed by atoms with E-state index >= 15 is 0 Å². The third-order valence-electron chi connectivity index (χ3n) is 3.76. The maximum absolute atomic E-state index is 11.6. The highest BCUT2D eigenvalue weighted by Gasteiger charge is 2.30. The van der Waals surface area contributed by atoms with E-state index in [9.17, 15) is 4.79 Å². The molecule has 0 aliphatic carbocycles. The average Bonchev–Trinajstić information content (AvgIpc) is 2.44. The molecule has 1 unspecified atom stereocenters. The van der Waals surface area contributed by atoms with E-state index in [2.05, 4.69) is 29.2 Å². The maximum Gasteiger partial charge on any atom is 0.325 e. The number of ether oxygens (including phenoxy) is 1. The fourth-order valence-electron chi connectivity index (χ4n) is 2.55. The number of hydrogen-bond acceptors (Lipinski definition) is 4. The van der Waals surface area contributed by atoms with E-state index in [1.54, 1.807) is 6.92 Å². The number of nitrogens with zero attached hydrogens (tertiary/aromatic N) is 1. The van der Waals surface area contributed by atoms with Crippen LogP contribution in [0, 0.1) is 0 Å². The molecule has 4 nitrogen and oxygen atoms in total. The van der Waals surface area contributed by atoms with Crippen molar-refractivity contribution in [1.82, 2.24) is 0 Å². The van der Waals surface area contributed by atoms with Crippen molar-refractivity contribution in [2.24, 2.45) is 5.73 Å². The number of benzene rings is 1. The fourth-order valence-corrected chi connectivity index (χ4v) is 2.55. The number of anilines is 1. The van der Waals surface area contributed by atoms with Crippen LogP contribution in [-0.4, -0.2) is 31.7 Å². The summed E-state index contributed by atoms with van der Waals surface area (Å²) in [5.41, 5.74) is 7.74. The van der Waals surface area contributed by atoms with Gasteiger partial charge in [0.1, 0.15) is 5.54 Å². The molecule has 1 atom stereocenters. The first kappa shape index (κ1) is 13.9. The number of nitrogens with two attached hydrogens (primary N) is 1. The van der Waals surface area contributed by atoms with Crippen molar-refractivity contribution in [2.75, 3.05) is 25.1 Å². The van der Waals surface area contributed by atoms with Crippen LogP contribution < -0.4 is 10.6 Å². The van der Waals surface area contributed by atoms with E-state index in [0.717, 1.165) is 25.9 Å². The summed E-state index contributed by atoms with van der Waals surface area (Å²) in [6, 6.07) is 8.44. The van der Waals surface area contributed by atoms with Crippen molar-refractivity contribution in [2.45, 2.75) is 31.7 Å². The molecule has 0 spiro atoms. The van der Waals surface area contributed by atoms with Gasteiger partial charge in [-0.2, -0.15) is 0 Å². The van der Waals surface area contributed by atoms with Gasteiger partial charge in [-0.1, -0.05) is 18.2 Å². The number of carbonyl (C=O) groups excluding carboxylic acids is 1. The summed E-state index contributed by atoms with van der Waals surface area (Å²) in [7, 11) is 1.38. The number of hydrogen-bond donors (Lipinski definition) is 1. The highest BCUT2D eigenvalue weighted by Crippen LogP contribution is 2.27. The van der Waals surface area contributed by atoms with Crippen molar-refractivity contribution in [3.63, 3.8) is 0 Å². The summed E-state index contributed by atoms with van der Waals surface area (Å²) in [5.74, 6) is -0.349. The number of para-hydroxylation sites is 1. The lowest BCUT2D eigenvalue weighted by atomic mass is 9.97. The minimum Gasteiger partial charge on any atom is -0.468 e. The van der Waals surface area contributed by atoms with Gasteiger partial charge in [-0.3, -0.25) is 4.79 Å². The van der Waals surface area contributed by atoms with E-state index in [-0.39, 0.29) is 5.97 Å². The summed E-state index contributed by atoms with van der Waals surface area (Å²) in [5, 5.41) is 0.